The summed E-state index contributed by atoms with van der Waals surface area (Å²) in [6.45, 7) is 3.34. The smallest absolute Gasteiger partial charge is 0.251 e. The summed E-state index contributed by atoms with van der Waals surface area (Å²) in [6, 6.07) is 4.69. The van der Waals surface area contributed by atoms with E-state index >= 15 is 0 Å². The number of carbonyl (C=O) groups excluding carboxylic acids is 2. The van der Waals surface area contributed by atoms with Crippen LogP contribution < -0.4 is 16.0 Å². The summed E-state index contributed by atoms with van der Waals surface area (Å²) in [5.41, 5.74) is 0.530. The van der Waals surface area contributed by atoms with Crippen LogP contribution in [0.2, 0.25) is 5.02 Å². The summed E-state index contributed by atoms with van der Waals surface area (Å²) in [4.78, 5) is 23.5. The Morgan fingerprint density at radius 3 is 2.71 bits per heavy atom. The average Bonchev–Trinajstić information content (AvgIpc) is 2.44. The van der Waals surface area contributed by atoms with Gasteiger partial charge in [-0.25, -0.2) is 0 Å². The van der Waals surface area contributed by atoms with Crippen LogP contribution in [0.5, 0.6) is 0 Å². The molecule has 1 aliphatic rings. The minimum atomic E-state index is -0.306. The largest absolute Gasteiger partial charge is 0.363 e. The molecule has 0 radical (unpaired) electrons. The average molecular weight is 312 g/mol. The molecule has 1 fully saturated rings. The summed E-state index contributed by atoms with van der Waals surface area (Å²) in [5, 5.41) is 8.63. The molecular formula is C14H18ClN3O3. The van der Waals surface area contributed by atoms with Gasteiger partial charge in [0.15, 0.2) is 0 Å². The van der Waals surface area contributed by atoms with E-state index in [-0.39, 0.29) is 24.0 Å². The summed E-state index contributed by atoms with van der Waals surface area (Å²) in [7, 11) is 1.54. The Morgan fingerprint density at radius 2 is 2.14 bits per heavy atom. The molecule has 2 amide bonds. The Hall–Kier alpha value is -1.63. The van der Waals surface area contributed by atoms with Gasteiger partial charge in [0.25, 0.3) is 5.91 Å². The Balaban J connectivity index is 1.97. The van der Waals surface area contributed by atoms with E-state index in [2.05, 4.69) is 16.0 Å². The lowest BCUT2D eigenvalue weighted by atomic mass is 10.0. The Labute approximate surface area is 128 Å². The highest BCUT2D eigenvalue weighted by Crippen LogP contribution is 2.23. The zero-order valence-electron chi connectivity index (χ0n) is 12.0. The van der Waals surface area contributed by atoms with Crippen LogP contribution in [0.4, 0.5) is 5.69 Å². The van der Waals surface area contributed by atoms with Gasteiger partial charge < -0.3 is 20.7 Å². The van der Waals surface area contributed by atoms with Crippen molar-refractivity contribution < 1.29 is 14.3 Å². The van der Waals surface area contributed by atoms with Gasteiger partial charge in [-0.3, -0.25) is 9.59 Å². The van der Waals surface area contributed by atoms with Crippen molar-refractivity contribution >= 4 is 29.1 Å². The van der Waals surface area contributed by atoms with Crippen LogP contribution in [-0.4, -0.2) is 44.2 Å². The first kappa shape index (κ1) is 15.8. The van der Waals surface area contributed by atoms with Crippen molar-refractivity contribution in [2.24, 2.45) is 0 Å². The monoisotopic (exact) mass is 311 g/mol. The van der Waals surface area contributed by atoms with Gasteiger partial charge in [-0.2, -0.15) is 0 Å². The maximum atomic E-state index is 11.9. The zero-order chi connectivity index (χ0) is 15.5. The van der Waals surface area contributed by atoms with E-state index in [0.29, 0.717) is 16.3 Å². The second-order valence-corrected chi connectivity index (χ2v) is 5.57. The van der Waals surface area contributed by atoms with E-state index in [0.717, 1.165) is 13.1 Å². The van der Waals surface area contributed by atoms with E-state index in [1.54, 1.807) is 12.1 Å². The lowest BCUT2D eigenvalue weighted by Crippen LogP contribution is -2.59. The van der Waals surface area contributed by atoms with E-state index in [4.69, 9.17) is 16.3 Å². The number of carbonyl (C=O) groups is 2. The Morgan fingerprint density at radius 1 is 1.43 bits per heavy atom. The van der Waals surface area contributed by atoms with E-state index < -0.39 is 0 Å². The van der Waals surface area contributed by atoms with E-state index in [9.17, 15) is 9.59 Å². The molecule has 0 bridgehead atoms. The highest BCUT2D eigenvalue weighted by molar-refractivity contribution is 6.33. The fourth-order valence-corrected chi connectivity index (χ4v) is 2.08. The molecule has 7 heteroatoms. The number of hydrogen-bond acceptors (Lipinski definition) is 4. The Kier molecular flexibility index (Phi) is 4.82. The second-order valence-electron chi connectivity index (χ2n) is 5.16. The van der Waals surface area contributed by atoms with Crippen molar-refractivity contribution in [1.82, 2.24) is 10.6 Å². The SMILES string of the molecule is CNC(=O)c1ccc(Cl)c(NC(=O)COC2(C)CNC2)c1. The van der Waals surface area contributed by atoms with Crippen molar-refractivity contribution in [3.8, 4) is 0 Å². The number of halogens is 1. The fraction of sp³-hybridized carbons (Fsp3) is 0.429. The number of hydrogen-bond donors (Lipinski definition) is 3. The minimum absolute atomic E-state index is 0.0568. The number of amides is 2. The summed E-state index contributed by atoms with van der Waals surface area (Å²) in [6.07, 6.45) is 0. The highest BCUT2D eigenvalue weighted by atomic mass is 35.5. The molecule has 0 aromatic heterocycles. The molecule has 0 spiro atoms. The standard InChI is InChI=1S/C14H18ClN3O3/c1-14(7-17-8-14)21-6-12(19)18-11-5-9(13(20)16-2)3-4-10(11)15/h3-5,17H,6-8H2,1-2H3,(H,16,20)(H,18,19). The third-order valence-corrected chi connectivity index (χ3v) is 3.61. The van der Waals surface area contributed by atoms with E-state index in [1.807, 2.05) is 6.92 Å². The lowest BCUT2D eigenvalue weighted by molar-refractivity contribution is -0.130. The molecule has 1 saturated heterocycles. The van der Waals surface area contributed by atoms with Gasteiger partial charge in [0.2, 0.25) is 5.91 Å². The maximum Gasteiger partial charge on any atom is 0.251 e. The molecule has 1 aromatic carbocycles. The third-order valence-electron chi connectivity index (χ3n) is 3.28. The normalized spacial score (nSPS) is 16.0. The molecule has 0 aliphatic carbocycles. The van der Waals surface area contributed by atoms with Crippen LogP contribution in [-0.2, 0) is 9.53 Å². The van der Waals surface area contributed by atoms with Crippen LogP contribution >= 0.6 is 11.6 Å². The molecule has 1 heterocycles. The van der Waals surface area contributed by atoms with Gasteiger partial charge in [-0.1, -0.05) is 11.6 Å². The van der Waals surface area contributed by atoms with Gasteiger partial charge in [0.05, 0.1) is 16.3 Å². The van der Waals surface area contributed by atoms with Crippen LogP contribution in [0.1, 0.15) is 17.3 Å². The first-order chi connectivity index (χ1) is 9.93. The molecule has 0 saturated carbocycles. The van der Waals surface area contributed by atoms with E-state index in [1.165, 1.54) is 13.1 Å². The lowest BCUT2D eigenvalue weighted by Gasteiger charge is -2.38. The number of ether oxygens (including phenoxy) is 1. The summed E-state index contributed by atoms with van der Waals surface area (Å²) >= 11 is 6.02. The number of anilines is 1. The van der Waals surface area contributed by atoms with Crippen LogP contribution in [0, 0.1) is 0 Å². The van der Waals surface area contributed by atoms with Crippen molar-refractivity contribution in [3.63, 3.8) is 0 Å². The van der Waals surface area contributed by atoms with Crippen LogP contribution in [0.3, 0.4) is 0 Å². The first-order valence-corrected chi connectivity index (χ1v) is 6.97. The molecule has 6 nitrogen and oxygen atoms in total. The van der Waals surface area contributed by atoms with Gasteiger partial charge in [-0.15, -0.1) is 0 Å². The second kappa shape index (κ2) is 6.43. The van der Waals surface area contributed by atoms with Crippen molar-refractivity contribution in [1.29, 1.82) is 0 Å². The first-order valence-electron chi connectivity index (χ1n) is 6.60. The number of nitrogens with one attached hydrogen (secondary N) is 3. The van der Waals surface area contributed by atoms with Crippen molar-refractivity contribution in [2.45, 2.75) is 12.5 Å². The maximum absolute atomic E-state index is 11.9. The third kappa shape index (κ3) is 3.93. The molecule has 114 valence electrons. The predicted molar refractivity (Wildman–Crippen MR) is 80.7 cm³/mol. The quantitative estimate of drug-likeness (QED) is 0.758. The van der Waals surface area contributed by atoms with Crippen LogP contribution in [0.25, 0.3) is 0 Å². The molecule has 1 aliphatic heterocycles. The van der Waals surface area contributed by atoms with Crippen molar-refractivity contribution in [2.75, 3.05) is 32.1 Å². The topological polar surface area (TPSA) is 79.5 Å². The molecule has 0 atom stereocenters. The summed E-state index contributed by atoms with van der Waals surface area (Å²) < 4.78 is 5.54. The fourth-order valence-electron chi connectivity index (χ4n) is 1.91. The molecule has 2 rings (SSSR count). The summed E-state index contributed by atoms with van der Waals surface area (Å²) in [5.74, 6) is -0.550. The van der Waals surface area contributed by atoms with Gasteiger partial charge in [0.1, 0.15) is 6.61 Å². The minimum Gasteiger partial charge on any atom is -0.363 e. The Bertz CT molecular complexity index is 558. The van der Waals surface area contributed by atoms with Gasteiger partial charge in [-0.05, 0) is 25.1 Å². The van der Waals surface area contributed by atoms with Crippen LogP contribution in [0.15, 0.2) is 18.2 Å². The number of benzene rings is 1. The van der Waals surface area contributed by atoms with Gasteiger partial charge >= 0.3 is 0 Å². The highest BCUT2D eigenvalue weighted by Gasteiger charge is 2.33. The number of rotatable bonds is 5. The molecule has 1 aromatic rings. The zero-order valence-corrected chi connectivity index (χ0v) is 12.7. The predicted octanol–water partition coefficient (Wildman–Crippen LogP) is 1.02. The van der Waals surface area contributed by atoms with Gasteiger partial charge in [0, 0.05) is 25.7 Å². The molecular weight excluding hydrogens is 294 g/mol. The van der Waals surface area contributed by atoms with Crippen molar-refractivity contribution in [3.05, 3.63) is 28.8 Å². The molecule has 0 unspecified atom stereocenters. The molecule has 3 N–H and O–H groups in total. The molecule has 21 heavy (non-hydrogen) atoms.